The molecule has 1 saturated heterocycles. The van der Waals surface area contributed by atoms with Crippen LogP contribution in [0.2, 0.25) is 0 Å². The van der Waals surface area contributed by atoms with E-state index >= 15 is 0 Å². The van der Waals surface area contributed by atoms with E-state index in [1.165, 1.54) is 12.1 Å². The maximum atomic E-state index is 12.6. The number of rotatable bonds is 2. The van der Waals surface area contributed by atoms with Crippen LogP contribution in [0.4, 0.5) is 4.39 Å². The Morgan fingerprint density at radius 1 is 1.40 bits per heavy atom. The summed E-state index contributed by atoms with van der Waals surface area (Å²) in [4.78, 5) is 13.1. The van der Waals surface area contributed by atoms with Crippen molar-refractivity contribution in [2.24, 2.45) is 0 Å². The van der Waals surface area contributed by atoms with Gasteiger partial charge in [-0.3, -0.25) is 4.79 Å². The smallest absolute Gasteiger partial charge is 0.224 e. The molecule has 1 aromatic carbocycles. The lowest BCUT2D eigenvalue weighted by atomic mass is 10.2. The summed E-state index contributed by atoms with van der Waals surface area (Å²) in [5.41, 5.74) is 0.926. The summed E-state index contributed by atoms with van der Waals surface area (Å²) in [6.07, 6.45) is 0.406. The molecular formula is C11H11ClFNO. The van der Waals surface area contributed by atoms with Gasteiger partial charge in [-0.05, 0) is 17.7 Å². The van der Waals surface area contributed by atoms with E-state index in [-0.39, 0.29) is 17.1 Å². The summed E-state index contributed by atoms with van der Waals surface area (Å²) in [5.74, 6) is -0.193. The van der Waals surface area contributed by atoms with Crippen LogP contribution in [0.25, 0.3) is 0 Å². The third kappa shape index (κ3) is 2.48. The van der Waals surface area contributed by atoms with Crippen LogP contribution in [-0.4, -0.2) is 22.7 Å². The Labute approximate surface area is 92.6 Å². The van der Waals surface area contributed by atoms with Crippen molar-refractivity contribution in [3.8, 4) is 0 Å². The SMILES string of the molecule is O=C1CC(Cl)CN1Cc1ccc(F)cc1. The van der Waals surface area contributed by atoms with E-state index in [4.69, 9.17) is 11.6 Å². The molecule has 1 aliphatic rings. The average Bonchev–Trinajstić information content (AvgIpc) is 2.49. The molecule has 0 aliphatic carbocycles. The topological polar surface area (TPSA) is 20.3 Å². The van der Waals surface area contributed by atoms with E-state index in [9.17, 15) is 9.18 Å². The van der Waals surface area contributed by atoms with E-state index in [0.29, 0.717) is 19.5 Å². The summed E-state index contributed by atoms with van der Waals surface area (Å²) in [5, 5.41) is -0.0852. The number of carbonyl (C=O) groups is 1. The van der Waals surface area contributed by atoms with Crippen molar-refractivity contribution >= 4 is 17.5 Å². The Morgan fingerprint density at radius 3 is 2.60 bits per heavy atom. The van der Waals surface area contributed by atoms with Crippen LogP contribution in [0.3, 0.4) is 0 Å². The predicted octanol–water partition coefficient (Wildman–Crippen LogP) is 2.17. The first kappa shape index (κ1) is 10.4. The molecule has 2 rings (SSSR count). The molecule has 0 aromatic heterocycles. The number of nitrogens with zero attached hydrogens (tertiary/aromatic N) is 1. The lowest BCUT2D eigenvalue weighted by Crippen LogP contribution is -2.24. The second-order valence-corrected chi connectivity index (χ2v) is 4.32. The number of alkyl halides is 1. The van der Waals surface area contributed by atoms with Crippen molar-refractivity contribution in [2.75, 3.05) is 6.54 Å². The standard InChI is InChI=1S/C11H11ClFNO/c12-9-5-11(15)14(7-9)6-8-1-3-10(13)4-2-8/h1-4,9H,5-7H2. The van der Waals surface area contributed by atoms with Crippen LogP contribution in [0.1, 0.15) is 12.0 Å². The van der Waals surface area contributed by atoms with E-state index < -0.39 is 0 Å². The van der Waals surface area contributed by atoms with Crippen molar-refractivity contribution in [1.29, 1.82) is 0 Å². The molecular weight excluding hydrogens is 217 g/mol. The summed E-state index contributed by atoms with van der Waals surface area (Å²) < 4.78 is 12.6. The Hall–Kier alpha value is -1.09. The molecule has 1 unspecified atom stereocenters. The lowest BCUT2D eigenvalue weighted by Gasteiger charge is -2.15. The van der Waals surface area contributed by atoms with E-state index in [0.717, 1.165) is 5.56 Å². The van der Waals surface area contributed by atoms with Gasteiger partial charge in [0.25, 0.3) is 0 Å². The first-order valence-electron chi connectivity index (χ1n) is 4.81. The Bertz CT molecular complexity index is 365. The fraction of sp³-hybridized carbons (Fsp3) is 0.364. The molecule has 2 nitrogen and oxygen atoms in total. The highest BCUT2D eigenvalue weighted by Crippen LogP contribution is 2.18. The van der Waals surface area contributed by atoms with Crippen molar-refractivity contribution in [1.82, 2.24) is 4.90 Å². The highest BCUT2D eigenvalue weighted by molar-refractivity contribution is 6.22. The molecule has 4 heteroatoms. The quantitative estimate of drug-likeness (QED) is 0.709. The van der Waals surface area contributed by atoms with Crippen LogP contribution in [0, 0.1) is 5.82 Å². The average molecular weight is 228 g/mol. The minimum Gasteiger partial charge on any atom is -0.337 e. The fourth-order valence-corrected chi connectivity index (χ4v) is 1.99. The van der Waals surface area contributed by atoms with Gasteiger partial charge in [0.05, 0.1) is 5.38 Å². The summed E-state index contributed by atoms with van der Waals surface area (Å²) >= 11 is 5.87. The number of hydrogen-bond acceptors (Lipinski definition) is 1. The molecule has 1 atom stereocenters. The van der Waals surface area contributed by atoms with Crippen LogP contribution in [0.5, 0.6) is 0 Å². The summed E-state index contributed by atoms with van der Waals surface area (Å²) in [6.45, 7) is 1.10. The Kier molecular flexibility index (Phi) is 2.91. The van der Waals surface area contributed by atoms with Gasteiger partial charge in [0.1, 0.15) is 5.82 Å². The Morgan fingerprint density at radius 2 is 2.07 bits per heavy atom. The third-order valence-electron chi connectivity index (χ3n) is 2.45. The molecule has 1 heterocycles. The largest absolute Gasteiger partial charge is 0.337 e. The molecule has 0 spiro atoms. The van der Waals surface area contributed by atoms with Crippen molar-refractivity contribution in [3.63, 3.8) is 0 Å². The highest BCUT2D eigenvalue weighted by atomic mass is 35.5. The number of hydrogen-bond donors (Lipinski definition) is 0. The van der Waals surface area contributed by atoms with Crippen LogP contribution >= 0.6 is 11.6 Å². The molecule has 0 radical (unpaired) electrons. The molecule has 0 saturated carbocycles. The summed E-state index contributed by atoms with van der Waals surface area (Å²) in [7, 11) is 0. The van der Waals surface area contributed by atoms with Gasteiger partial charge in [-0.2, -0.15) is 0 Å². The first-order valence-corrected chi connectivity index (χ1v) is 5.25. The number of carbonyl (C=O) groups excluding carboxylic acids is 1. The maximum absolute atomic E-state index is 12.6. The van der Waals surface area contributed by atoms with Gasteiger partial charge < -0.3 is 4.90 Å². The van der Waals surface area contributed by atoms with Crippen LogP contribution in [0.15, 0.2) is 24.3 Å². The summed E-state index contributed by atoms with van der Waals surface area (Å²) in [6, 6.07) is 6.16. The van der Waals surface area contributed by atoms with Crippen LogP contribution < -0.4 is 0 Å². The lowest BCUT2D eigenvalue weighted by molar-refractivity contribution is -0.128. The maximum Gasteiger partial charge on any atom is 0.224 e. The van der Waals surface area contributed by atoms with Crippen molar-refractivity contribution < 1.29 is 9.18 Å². The number of likely N-dealkylation sites (tertiary alicyclic amines) is 1. The normalized spacial score (nSPS) is 21.1. The van der Waals surface area contributed by atoms with Gasteiger partial charge in [0.2, 0.25) is 5.91 Å². The van der Waals surface area contributed by atoms with Crippen molar-refractivity contribution in [2.45, 2.75) is 18.3 Å². The molecule has 1 aliphatic heterocycles. The second-order valence-electron chi connectivity index (χ2n) is 3.70. The third-order valence-corrected chi connectivity index (χ3v) is 2.75. The van der Waals surface area contributed by atoms with Gasteiger partial charge >= 0.3 is 0 Å². The molecule has 0 N–H and O–H groups in total. The molecule has 80 valence electrons. The van der Waals surface area contributed by atoms with Gasteiger partial charge in [-0.15, -0.1) is 11.6 Å². The van der Waals surface area contributed by atoms with Gasteiger partial charge in [-0.1, -0.05) is 12.1 Å². The van der Waals surface area contributed by atoms with Gasteiger partial charge in [-0.25, -0.2) is 4.39 Å². The zero-order valence-corrected chi connectivity index (χ0v) is 8.88. The van der Waals surface area contributed by atoms with E-state index in [1.807, 2.05) is 0 Å². The first-order chi connectivity index (χ1) is 7.15. The molecule has 1 fully saturated rings. The molecule has 1 aromatic rings. The van der Waals surface area contributed by atoms with Crippen LogP contribution in [-0.2, 0) is 11.3 Å². The van der Waals surface area contributed by atoms with Gasteiger partial charge in [0, 0.05) is 19.5 Å². The predicted molar refractivity (Wildman–Crippen MR) is 56.1 cm³/mol. The second kappa shape index (κ2) is 4.19. The zero-order chi connectivity index (χ0) is 10.8. The molecule has 1 amide bonds. The highest BCUT2D eigenvalue weighted by Gasteiger charge is 2.27. The van der Waals surface area contributed by atoms with E-state index in [1.54, 1.807) is 17.0 Å². The number of amides is 1. The minimum absolute atomic E-state index is 0.0688. The van der Waals surface area contributed by atoms with Gasteiger partial charge in [0.15, 0.2) is 0 Å². The zero-order valence-electron chi connectivity index (χ0n) is 8.12. The van der Waals surface area contributed by atoms with E-state index in [2.05, 4.69) is 0 Å². The monoisotopic (exact) mass is 227 g/mol. The minimum atomic E-state index is -0.262. The number of benzene rings is 1. The van der Waals surface area contributed by atoms with Crippen molar-refractivity contribution in [3.05, 3.63) is 35.6 Å². The fourth-order valence-electron chi connectivity index (χ4n) is 1.69. The molecule has 0 bridgehead atoms. The molecule has 15 heavy (non-hydrogen) atoms. The Balaban J connectivity index is 2.03. The number of halogens is 2.